The van der Waals surface area contributed by atoms with Crippen LogP contribution >= 0.6 is 0 Å². The summed E-state index contributed by atoms with van der Waals surface area (Å²) in [4.78, 5) is 17.5. The molecule has 3 rings (SSSR count). The molecular weight excluding hydrogens is 342 g/mol. The number of hydrogen-bond acceptors (Lipinski definition) is 4. The summed E-state index contributed by atoms with van der Waals surface area (Å²) in [5, 5.41) is 6.88. The first-order chi connectivity index (χ1) is 13.1. The lowest BCUT2D eigenvalue weighted by Gasteiger charge is -2.32. The van der Waals surface area contributed by atoms with Crippen molar-refractivity contribution in [2.75, 3.05) is 33.3 Å². The van der Waals surface area contributed by atoms with Crippen molar-refractivity contribution in [3.63, 3.8) is 0 Å². The number of likely N-dealkylation sites (tertiary alicyclic amines) is 1. The minimum atomic E-state index is -0.263. The van der Waals surface area contributed by atoms with Gasteiger partial charge in [0.25, 0.3) is 0 Å². The number of piperidine rings is 1. The Morgan fingerprint density at radius 2 is 2.00 bits per heavy atom. The van der Waals surface area contributed by atoms with E-state index in [1.165, 1.54) is 12.8 Å². The lowest BCUT2D eigenvalue weighted by molar-refractivity contribution is -0.119. The van der Waals surface area contributed by atoms with Crippen LogP contribution in [0.15, 0.2) is 29.3 Å². The second kappa shape index (κ2) is 9.60. The molecule has 1 aliphatic carbocycles. The molecular formula is C20H31N5O2. The molecule has 0 spiro atoms. The summed E-state index contributed by atoms with van der Waals surface area (Å²) in [6, 6.07) is 8.51. The molecule has 27 heavy (non-hydrogen) atoms. The lowest BCUT2D eigenvalue weighted by Crippen LogP contribution is -2.49. The Labute approximate surface area is 161 Å². The molecule has 0 bridgehead atoms. The van der Waals surface area contributed by atoms with Crippen LogP contribution < -0.4 is 21.1 Å². The summed E-state index contributed by atoms with van der Waals surface area (Å²) in [5.41, 5.74) is 6.41. The van der Waals surface area contributed by atoms with Crippen molar-refractivity contribution < 1.29 is 9.53 Å². The molecule has 1 amide bonds. The van der Waals surface area contributed by atoms with Crippen LogP contribution in [-0.4, -0.2) is 56.1 Å². The van der Waals surface area contributed by atoms with Crippen LogP contribution in [0.5, 0.6) is 5.75 Å². The minimum Gasteiger partial charge on any atom is -0.493 e. The van der Waals surface area contributed by atoms with Crippen LogP contribution in [0, 0.1) is 5.92 Å². The normalized spacial score (nSPS) is 18.9. The molecule has 2 aliphatic rings. The molecule has 0 unspecified atom stereocenters. The molecule has 4 N–H and O–H groups in total. The number of benzene rings is 1. The maximum Gasteiger partial charge on any atom is 0.231 e. The van der Waals surface area contributed by atoms with E-state index in [9.17, 15) is 4.79 Å². The maximum atomic E-state index is 11.0. The third kappa shape index (κ3) is 6.43. The molecule has 1 saturated carbocycles. The van der Waals surface area contributed by atoms with Crippen molar-refractivity contribution in [2.24, 2.45) is 16.6 Å². The molecule has 1 aliphatic heterocycles. The SMILES string of the molecule is CN=C(NCc1ccccc1OCC1CC1)NC1CCN(CC(N)=O)CC1. The minimum absolute atomic E-state index is 0.263. The molecule has 7 nitrogen and oxygen atoms in total. The zero-order valence-corrected chi connectivity index (χ0v) is 16.1. The number of carbonyl (C=O) groups excluding carboxylic acids is 1. The molecule has 0 aromatic heterocycles. The van der Waals surface area contributed by atoms with Crippen molar-refractivity contribution >= 4 is 11.9 Å². The van der Waals surface area contributed by atoms with E-state index < -0.39 is 0 Å². The number of hydrogen-bond donors (Lipinski definition) is 3. The monoisotopic (exact) mass is 373 g/mol. The molecule has 0 atom stereocenters. The molecule has 148 valence electrons. The van der Waals surface area contributed by atoms with Crippen molar-refractivity contribution in [1.29, 1.82) is 0 Å². The Bertz CT molecular complexity index is 652. The van der Waals surface area contributed by atoms with Crippen LogP contribution in [0.25, 0.3) is 0 Å². The Balaban J connectivity index is 1.45. The number of rotatable bonds is 8. The summed E-state index contributed by atoms with van der Waals surface area (Å²) >= 11 is 0. The number of aliphatic imine (C=N–C) groups is 1. The van der Waals surface area contributed by atoms with Gasteiger partial charge in [-0.2, -0.15) is 0 Å². The van der Waals surface area contributed by atoms with E-state index >= 15 is 0 Å². The number of nitrogens with one attached hydrogen (secondary N) is 2. The van der Waals surface area contributed by atoms with Gasteiger partial charge in [-0.1, -0.05) is 18.2 Å². The number of guanidine groups is 1. The van der Waals surface area contributed by atoms with Crippen LogP contribution in [0.2, 0.25) is 0 Å². The van der Waals surface area contributed by atoms with Gasteiger partial charge in [-0.05, 0) is 37.7 Å². The van der Waals surface area contributed by atoms with Gasteiger partial charge in [-0.15, -0.1) is 0 Å². The first kappa shape index (κ1) is 19.5. The first-order valence-electron chi connectivity index (χ1n) is 9.82. The van der Waals surface area contributed by atoms with E-state index in [1.54, 1.807) is 7.05 Å². The fourth-order valence-corrected chi connectivity index (χ4v) is 3.31. The van der Waals surface area contributed by atoms with Crippen LogP contribution in [0.4, 0.5) is 0 Å². The van der Waals surface area contributed by atoms with Gasteiger partial charge in [-0.3, -0.25) is 14.7 Å². The average molecular weight is 374 g/mol. The van der Waals surface area contributed by atoms with Crippen molar-refractivity contribution in [2.45, 2.75) is 38.3 Å². The van der Waals surface area contributed by atoms with E-state index in [0.29, 0.717) is 19.1 Å². The topological polar surface area (TPSA) is 92.0 Å². The van der Waals surface area contributed by atoms with Gasteiger partial charge in [-0.25, -0.2) is 0 Å². The highest BCUT2D eigenvalue weighted by Crippen LogP contribution is 2.30. The summed E-state index contributed by atoms with van der Waals surface area (Å²) in [5.74, 6) is 2.22. The maximum absolute atomic E-state index is 11.0. The van der Waals surface area contributed by atoms with E-state index in [1.807, 2.05) is 18.2 Å². The van der Waals surface area contributed by atoms with Crippen LogP contribution in [-0.2, 0) is 11.3 Å². The highest BCUT2D eigenvalue weighted by Gasteiger charge is 2.23. The zero-order valence-electron chi connectivity index (χ0n) is 16.1. The molecule has 1 aromatic rings. The molecule has 0 radical (unpaired) electrons. The van der Waals surface area contributed by atoms with E-state index in [2.05, 4.69) is 26.6 Å². The fraction of sp³-hybridized carbons (Fsp3) is 0.600. The number of para-hydroxylation sites is 1. The predicted molar refractivity (Wildman–Crippen MR) is 107 cm³/mol. The Morgan fingerprint density at radius 3 is 2.67 bits per heavy atom. The average Bonchev–Trinajstić information content (AvgIpc) is 3.49. The van der Waals surface area contributed by atoms with E-state index in [4.69, 9.17) is 10.5 Å². The standard InChI is InChI=1S/C20H31N5O2/c1-22-20(24-17-8-10-25(11-9-17)13-19(21)26)23-12-16-4-2-3-5-18(16)27-14-15-6-7-15/h2-5,15,17H,6-14H2,1H3,(H2,21,26)(H2,22,23,24). The van der Waals surface area contributed by atoms with Gasteiger partial charge in [0.2, 0.25) is 5.91 Å². The number of carbonyl (C=O) groups is 1. The van der Waals surface area contributed by atoms with Crippen LogP contribution in [0.3, 0.4) is 0 Å². The van der Waals surface area contributed by atoms with Crippen molar-refractivity contribution in [3.05, 3.63) is 29.8 Å². The van der Waals surface area contributed by atoms with Crippen molar-refractivity contribution in [1.82, 2.24) is 15.5 Å². The second-order valence-corrected chi connectivity index (χ2v) is 7.45. The van der Waals surface area contributed by atoms with Gasteiger partial charge < -0.3 is 21.1 Å². The summed E-state index contributed by atoms with van der Waals surface area (Å²) < 4.78 is 5.98. The molecule has 1 heterocycles. The molecule has 7 heteroatoms. The summed E-state index contributed by atoms with van der Waals surface area (Å²) in [7, 11) is 1.78. The smallest absolute Gasteiger partial charge is 0.231 e. The number of nitrogens with zero attached hydrogens (tertiary/aromatic N) is 2. The predicted octanol–water partition coefficient (Wildman–Crippen LogP) is 1.09. The highest BCUT2D eigenvalue weighted by molar-refractivity contribution is 5.80. The van der Waals surface area contributed by atoms with Gasteiger partial charge in [0, 0.05) is 38.3 Å². The number of primary amides is 1. The first-order valence-corrected chi connectivity index (χ1v) is 9.82. The third-order valence-corrected chi connectivity index (χ3v) is 5.12. The lowest BCUT2D eigenvalue weighted by atomic mass is 10.1. The number of amides is 1. The van der Waals surface area contributed by atoms with Gasteiger partial charge >= 0.3 is 0 Å². The molecule has 1 aromatic carbocycles. The number of ether oxygens (including phenoxy) is 1. The highest BCUT2D eigenvalue weighted by atomic mass is 16.5. The zero-order chi connectivity index (χ0) is 19.1. The summed E-state index contributed by atoms with van der Waals surface area (Å²) in [6.07, 6.45) is 4.51. The third-order valence-electron chi connectivity index (χ3n) is 5.12. The quantitative estimate of drug-likeness (QED) is 0.469. The fourth-order valence-electron chi connectivity index (χ4n) is 3.31. The molecule has 1 saturated heterocycles. The van der Waals surface area contributed by atoms with Gasteiger partial charge in [0.1, 0.15) is 5.75 Å². The second-order valence-electron chi connectivity index (χ2n) is 7.45. The number of nitrogens with two attached hydrogens (primary N) is 1. The van der Waals surface area contributed by atoms with Crippen molar-refractivity contribution in [3.8, 4) is 5.75 Å². The largest absolute Gasteiger partial charge is 0.493 e. The Morgan fingerprint density at radius 1 is 1.26 bits per heavy atom. The molecule has 2 fully saturated rings. The van der Waals surface area contributed by atoms with Crippen LogP contribution in [0.1, 0.15) is 31.2 Å². The Kier molecular flexibility index (Phi) is 6.92. The summed E-state index contributed by atoms with van der Waals surface area (Å²) in [6.45, 7) is 3.57. The Hall–Kier alpha value is -2.28. The van der Waals surface area contributed by atoms with Gasteiger partial charge in [0.15, 0.2) is 5.96 Å². The van der Waals surface area contributed by atoms with E-state index in [0.717, 1.165) is 55.7 Å². The van der Waals surface area contributed by atoms with E-state index in [-0.39, 0.29) is 5.91 Å². The van der Waals surface area contributed by atoms with Gasteiger partial charge in [0.05, 0.1) is 13.2 Å².